The van der Waals surface area contributed by atoms with E-state index in [1.807, 2.05) is 0 Å². The van der Waals surface area contributed by atoms with Crippen LogP contribution in [-0.2, 0) is 27.2 Å². The number of hydrogen-bond acceptors (Lipinski definition) is 4. The molecule has 7 heteroatoms. The van der Waals surface area contributed by atoms with Gasteiger partial charge in [0.1, 0.15) is 11.6 Å². The van der Waals surface area contributed by atoms with E-state index in [2.05, 4.69) is 35.9 Å². The average molecular weight is 448 g/mol. The van der Waals surface area contributed by atoms with Crippen molar-refractivity contribution < 1.29 is 32.2 Å². The number of hydrogen-bond donors (Lipinski definition) is 0. The van der Waals surface area contributed by atoms with Crippen LogP contribution in [0.2, 0.25) is 0 Å². The topological polar surface area (TPSA) is 52.6 Å². The fourth-order valence-electron chi connectivity index (χ4n) is 4.01. The Morgan fingerprint density at radius 2 is 1.72 bits per heavy atom. The first-order valence-corrected chi connectivity index (χ1v) is 10.9. The van der Waals surface area contributed by atoms with Gasteiger partial charge in [0.15, 0.2) is 0 Å². The van der Waals surface area contributed by atoms with Crippen LogP contribution in [0.25, 0.3) is 0 Å². The maximum atomic E-state index is 14.2. The normalized spacial score (nSPS) is 18.4. The Balaban J connectivity index is 1.48. The SMILES string of the molecule is CCc1ccc(C2CCC(C(=O)Oc3ccc(CCOC(=O)C(F)F)c(F)c3)CC2)cc1. The van der Waals surface area contributed by atoms with Crippen molar-refractivity contribution in [1.29, 1.82) is 0 Å². The minimum atomic E-state index is -3.21. The van der Waals surface area contributed by atoms with Gasteiger partial charge in [-0.25, -0.2) is 9.18 Å². The van der Waals surface area contributed by atoms with Crippen LogP contribution in [0.15, 0.2) is 42.5 Å². The molecular weight excluding hydrogens is 421 g/mol. The zero-order valence-electron chi connectivity index (χ0n) is 18.0. The molecule has 0 N–H and O–H groups in total. The van der Waals surface area contributed by atoms with Crippen molar-refractivity contribution in [2.75, 3.05) is 6.61 Å². The number of benzene rings is 2. The lowest BCUT2D eigenvalue weighted by Crippen LogP contribution is -2.25. The van der Waals surface area contributed by atoms with Crippen LogP contribution in [0.5, 0.6) is 5.75 Å². The van der Waals surface area contributed by atoms with Gasteiger partial charge in [0.2, 0.25) is 0 Å². The number of ether oxygens (including phenoxy) is 2. The van der Waals surface area contributed by atoms with Gasteiger partial charge < -0.3 is 9.47 Å². The van der Waals surface area contributed by atoms with Crippen LogP contribution in [0.1, 0.15) is 55.2 Å². The second-order valence-corrected chi connectivity index (χ2v) is 8.04. The second-order valence-electron chi connectivity index (χ2n) is 8.04. The molecular formula is C25H27F3O4. The van der Waals surface area contributed by atoms with Gasteiger partial charge in [-0.1, -0.05) is 37.3 Å². The monoisotopic (exact) mass is 448 g/mol. The van der Waals surface area contributed by atoms with Gasteiger partial charge in [0.25, 0.3) is 0 Å². The summed E-state index contributed by atoms with van der Waals surface area (Å²) in [6.07, 6.45) is 0.975. The summed E-state index contributed by atoms with van der Waals surface area (Å²) in [6, 6.07) is 12.6. The van der Waals surface area contributed by atoms with Crippen molar-refractivity contribution >= 4 is 11.9 Å². The lowest BCUT2D eigenvalue weighted by molar-refractivity contribution is -0.156. The molecule has 0 aliphatic heterocycles. The Hall–Kier alpha value is -2.83. The maximum absolute atomic E-state index is 14.2. The lowest BCUT2D eigenvalue weighted by Gasteiger charge is -2.27. The molecule has 0 saturated heterocycles. The van der Waals surface area contributed by atoms with Crippen LogP contribution in [-0.4, -0.2) is 25.0 Å². The molecule has 3 rings (SSSR count). The highest BCUT2D eigenvalue weighted by Crippen LogP contribution is 2.36. The van der Waals surface area contributed by atoms with Gasteiger partial charge in [-0.15, -0.1) is 0 Å². The van der Waals surface area contributed by atoms with E-state index in [0.29, 0.717) is 5.92 Å². The summed E-state index contributed by atoms with van der Waals surface area (Å²) < 4.78 is 48.2. The third-order valence-electron chi connectivity index (χ3n) is 5.96. The molecule has 0 radical (unpaired) electrons. The Labute approximate surface area is 185 Å². The van der Waals surface area contributed by atoms with E-state index < -0.39 is 18.2 Å². The summed E-state index contributed by atoms with van der Waals surface area (Å²) in [5.74, 6) is -2.36. The summed E-state index contributed by atoms with van der Waals surface area (Å²) in [5, 5.41) is 0. The molecule has 0 amide bonds. The van der Waals surface area contributed by atoms with Gasteiger partial charge >= 0.3 is 18.4 Å². The zero-order valence-corrected chi connectivity index (χ0v) is 18.0. The number of halogens is 3. The van der Waals surface area contributed by atoms with E-state index in [9.17, 15) is 22.8 Å². The molecule has 32 heavy (non-hydrogen) atoms. The summed E-state index contributed by atoms with van der Waals surface area (Å²) >= 11 is 0. The minimum absolute atomic E-state index is 0.0538. The fourth-order valence-corrected chi connectivity index (χ4v) is 4.01. The predicted octanol–water partition coefficient (Wildman–Crippen LogP) is 5.62. The Morgan fingerprint density at radius 1 is 1.03 bits per heavy atom. The largest absolute Gasteiger partial charge is 0.461 e. The van der Waals surface area contributed by atoms with Crippen molar-refractivity contribution in [2.24, 2.45) is 5.92 Å². The van der Waals surface area contributed by atoms with Crippen LogP contribution in [0.3, 0.4) is 0 Å². The summed E-state index contributed by atoms with van der Waals surface area (Å²) in [5.41, 5.74) is 2.78. The molecule has 4 nitrogen and oxygen atoms in total. The Kier molecular flexibility index (Phi) is 8.31. The number of aryl methyl sites for hydroxylation is 1. The molecule has 0 spiro atoms. The fraction of sp³-hybridized carbons (Fsp3) is 0.440. The van der Waals surface area contributed by atoms with Crippen molar-refractivity contribution in [3.05, 3.63) is 65.0 Å². The quantitative estimate of drug-likeness (QED) is 0.389. The Morgan fingerprint density at radius 3 is 2.31 bits per heavy atom. The molecule has 172 valence electrons. The van der Waals surface area contributed by atoms with Gasteiger partial charge in [0, 0.05) is 12.5 Å². The lowest BCUT2D eigenvalue weighted by atomic mass is 9.78. The van der Waals surface area contributed by atoms with Crippen molar-refractivity contribution in [3.8, 4) is 5.75 Å². The van der Waals surface area contributed by atoms with Crippen molar-refractivity contribution in [2.45, 2.75) is 57.8 Å². The molecule has 1 saturated carbocycles. The highest BCUT2D eigenvalue weighted by atomic mass is 19.3. The number of carbonyl (C=O) groups is 2. The highest BCUT2D eigenvalue weighted by molar-refractivity contribution is 5.75. The third-order valence-corrected chi connectivity index (χ3v) is 5.96. The standard InChI is InChI=1S/C25H27F3O4/c1-2-16-3-5-17(6-4-16)18-7-9-20(10-8-18)24(29)32-21-12-11-19(22(26)15-21)13-14-31-25(30)23(27)28/h3-6,11-12,15,18,20,23H,2,7-10,13-14H2,1H3. The summed E-state index contributed by atoms with van der Waals surface area (Å²) in [4.78, 5) is 23.3. The average Bonchev–Trinajstić information content (AvgIpc) is 2.80. The highest BCUT2D eigenvalue weighted by Gasteiger charge is 2.28. The number of alkyl halides is 2. The van der Waals surface area contributed by atoms with Crippen molar-refractivity contribution in [3.63, 3.8) is 0 Å². The van der Waals surface area contributed by atoms with Gasteiger partial charge in [-0.2, -0.15) is 8.78 Å². The van der Waals surface area contributed by atoms with E-state index in [4.69, 9.17) is 4.74 Å². The first-order valence-electron chi connectivity index (χ1n) is 10.9. The molecule has 0 unspecified atom stereocenters. The van der Waals surface area contributed by atoms with Crippen LogP contribution >= 0.6 is 0 Å². The molecule has 2 aromatic carbocycles. The molecule has 0 heterocycles. The zero-order chi connectivity index (χ0) is 23.1. The van der Waals surface area contributed by atoms with E-state index in [1.54, 1.807) is 0 Å². The third kappa shape index (κ3) is 6.34. The van der Waals surface area contributed by atoms with Crippen LogP contribution in [0, 0.1) is 11.7 Å². The Bertz CT molecular complexity index is 919. The van der Waals surface area contributed by atoms with Gasteiger partial charge in [-0.05, 0) is 60.8 Å². The minimum Gasteiger partial charge on any atom is -0.461 e. The molecule has 1 fully saturated rings. The smallest absolute Gasteiger partial charge is 0.373 e. The van der Waals surface area contributed by atoms with Gasteiger partial charge in [0.05, 0.1) is 12.5 Å². The molecule has 2 aromatic rings. The summed E-state index contributed by atoms with van der Waals surface area (Å²) in [6.45, 7) is 1.77. The van der Waals surface area contributed by atoms with E-state index in [-0.39, 0.29) is 36.2 Å². The molecule has 0 aromatic heterocycles. The van der Waals surface area contributed by atoms with E-state index >= 15 is 0 Å². The first-order chi connectivity index (χ1) is 15.4. The summed E-state index contributed by atoms with van der Waals surface area (Å²) in [7, 11) is 0. The molecule has 1 aliphatic carbocycles. The van der Waals surface area contributed by atoms with Crippen LogP contribution in [0.4, 0.5) is 13.2 Å². The maximum Gasteiger partial charge on any atom is 0.373 e. The first kappa shape index (κ1) is 23.8. The molecule has 0 atom stereocenters. The number of carbonyl (C=O) groups excluding carboxylic acids is 2. The van der Waals surface area contributed by atoms with Gasteiger partial charge in [-0.3, -0.25) is 4.79 Å². The van der Waals surface area contributed by atoms with E-state index in [0.717, 1.165) is 38.2 Å². The van der Waals surface area contributed by atoms with Crippen molar-refractivity contribution in [1.82, 2.24) is 0 Å². The predicted molar refractivity (Wildman–Crippen MR) is 113 cm³/mol. The second kappa shape index (κ2) is 11.2. The number of esters is 2. The number of rotatable bonds is 8. The van der Waals surface area contributed by atoms with E-state index in [1.165, 1.54) is 23.3 Å². The molecule has 1 aliphatic rings. The molecule has 0 bridgehead atoms. The van der Waals surface area contributed by atoms with Crippen LogP contribution < -0.4 is 4.74 Å².